The Morgan fingerprint density at radius 2 is 1.03 bits per heavy atom. The topological polar surface area (TPSA) is 492 Å². The number of hydrogen-bond acceptors (Lipinski definition) is 31. The van der Waals surface area contributed by atoms with Crippen LogP contribution in [0.25, 0.3) is 0 Å². The number of ether oxygens (including phenoxy) is 12. The van der Waals surface area contributed by atoms with Gasteiger partial charge in [-0.05, 0) is 117 Å². The third-order valence-corrected chi connectivity index (χ3v) is 25.3. The highest BCUT2D eigenvalue weighted by Crippen LogP contribution is 2.76. The zero-order valence-electron chi connectivity index (χ0n) is 55.6. The van der Waals surface area contributed by atoms with Crippen LogP contribution in [0.4, 0.5) is 0 Å². The maximum absolute atomic E-state index is 15.2. The van der Waals surface area contributed by atoms with Crippen molar-refractivity contribution in [2.45, 2.75) is 304 Å². The van der Waals surface area contributed by atoms with Gasteiger partial charge in [0, 0.05) is 5.41 Å². The Morgan fingerprint density at radius 3 is 1.68 bits per heavy atom. The number of carbonyl (C=O) groups is 1. The summed E-state index contributed by atoms with van der Waals surface area (Å²) in [4.78, 5) is 15.2. The van der Waals surface area contributed by atoms with Gasteiger partial charge in [0.2, 0.25) is 6.29 Å². The van der Waals surface area contributed by atoms with Gasteiger partial charge in [-0.3, -0.25) is 4.79 Å². The molecule has 31 heteroatoms. The van der Waals surface area contributed by atoms with Gasteiger partial charge in [-0.2, -0.15) is 0 Å². The highest BCUT2D eigenvalue weighted by Gasteiger charge is 2.71. The fourth-order valence-corrected chi connectivity index (χ4v) is 19.0. The van der Waals surface area contributed by atoms with Crippen molar-refractivity contribution in [2.75, 3.05) is 33.0 Å². The van der Waals surface area contributed by atoms with Crippen LogP contribution >= 0.6 is 0 Å². The second kappa shape index (κ2) is 28.3. The molecule has 0 radical (unpaired) electrons. The van der Waals surface area contributed by atoms with Crippen molar-refractivity contribution < 1.29 is 154 Å². The molecule has 6 heterocycles. The maximum atomic E-state index is 15.2. The average Bonchev–Trinajstić information content (AvgIpc) is 0.675. The molecular weight excluding hydrogens is 1280 g/mol. The highest BCUT2D eigenvalue weighted by molar-refractivity contribution is 5.79. The Balaban J connectivity index is 0.781. The molecule has 96 heavy (non-hydrogen) atoms. The van der Waals surface area contributed by atoms with Gasteiger partial charge in [0.15, 0.2) is 31.5 Å². The standard InChI is InChI=1S/C65H106O31/c1-25-36(70)42(76)46(80)54(87-25)94-51-41(75)31(21-67)90-57(49(51)83)93-50-37(71)26(2)88-56(48(50)82)95-52-38(72)29(69)22-85-58(52)92-35-12-13-61(5)33(62(35,6)24-68)11-14-64(8)34(61)10-9-27-28-19-60(3,4)15-17-65(28,18-16-63(27,64)7)59(84)96-55-47(81)44(78)40(74)32(91-55)23-86-53-45(79)43(77)39(73)30(20-66)89-53/h9,25-26,28-58,66-83H,10-24H2,1-8H3/t25-,26-,28+,29-,30-,31-,32-,33+,34+,35-,36-,37-,38+,39-,40-,41-,42+,43+,44+,45-,46-,47-,48-,49-,50+,51+,52-,53-,54+,55+,56+,57+,58+,61-,62-,63+,64+,65+/m0/s1. The van der Waals surface area contributed by atoms with Gasteiger partial charge in [0.1, 0.15) is 128 Å². The smallest absolute Gasteiger partial charge is 0.315 e. The molecular formula is C65H106O31. The third kappa shape index (κ3) is 12.8. The lowest BCUT2D eigenvalue weighted by atomic mass is 9.33. The molecule has 0 aromatic heterocycles. The van der Waals surface area contributed by atoms with E-state index >= 15 is 4.79 Å². The minimum Gasteiger partial charge on any atom is -0.432 e. The summed E-state index contributed by atoms with van der Waals surface area (Å²) >= 11 is 0. The number of allylic oxidation sites excluding steroid dienone is 2. The molecule has 11 rings (SSSR count). The lowest BCUT2D eigenvalue weighted by molar-refractivity contribution is -0.391. The fraction of sp³-hybridized carbons (Fsp3) is 0.954. The van der Waals surface area contributed by atoms with Crippen LogP contribution < -0.4 is 0 Å². The van der Waals surface area contributed by atoms with Crippen LogP contribution in [-0.4, -0.2) is 315 Å². The largest absolute Gasteiger partial charge is 0.432 e. The van der Waals surface area contributed by atoms with E-state index < -0.39 is 238 Å². The van der Waals surface area contributed by atoms with E-state index in [4.69, 9.17) is 56.8 Å². The summed E-state index contributed by atoms with van der Waals surface area (Å²) in [5.74, 6) is -1.03. The number of aliphatic hydroxyl groups is 18. The van der Waals surface area contributed by atoms with E-state index in [0.29, 0.717) is 57.8 Å². The van der Waals surface area contributed by atoms with E-state index in [1.54, 1.807) is 0 Å². The van der Waals surface area contributed by atoms with Crippen molar-refractivity contribution in [2.24, 2.45) is 50.2 Å². The van der Waals surface area contributed by atoms with E-state index in [1.165, 1.54) is 13.8 Å². The first-order valence-electron chi connectivity index (χ1n) is 34.1. The summed E-state index contributed by atoms with van der Waals surface area (Å²) in [7, 11) is 0. The van der Waals surface area contributed by atoms with Crippen LogP contribution in [-0.2, 0) is 61.6 Å². The van der Waals surface area contributed by atoms with Crippen molar-refractivity contribution in [3.8, 4) is 0 Å². The van der Waals surface area contributed by atoms with Crippen molar-refractivity contribution in [3.05, 3.63) is 11.6 Å². The van der Waals surface area contributed by atoms with Gasteiger partial charge in [-0.1, -0.05) is 53.2 Å². The van der Waals surface area contributed by atoms with Crippen molar-refractivity contribution in [1.29, 1.82) is 0 Å². The first-order valence-corrected chi connectivity index (χ1v) is 34.1. The van der Waals surface area contributed by atoms with Crippen LogP contribution in [0.15, 0.2) is 11.6 Å². The Morgan fingerprint density at radius 1 is 0.500 bits per heavy atom. The second-order valence-electron chi connectivity index (χ2n) is 31.3. The molecule has 552 valence electrons. The molecule has 10 fully saturated rings. The van der Waals surface area contributed by atoms with E-state index in [2.05, 4.69) is 40.7 Å². The van der Waals surface area contributed by atoms with Crippen molar-refractivity contribution >= 4 is 5.97 Å². The highest BCUT2D eigenvalue weighted by atomic mass is 16.8. The predicted molar refractivity (Wildman–Crippen MR) is 321 cm³/mol. The monoisotopic (exact) mass is 1380 g/mol. The summed E-state index contributed by atoms with van der Waals surface area (Å²) in [5.41, 5.74) is -2.27. The zero-order chi connectivity index (χ0) is 70.0. The van der Waals surface area contributed by atoms with Gasteiger partial charge in [0.05, 0.1) is 56.8 Å². The lowest BCUT2D eigenvalue weighted by Gasteiger charge is -2.71. The van der Waals surface area contributed by atoms with Crippen molar-refractivity contribution in [1.82, 2.24) is 0 Å². The molecule has 0 aromatic carbocycles. The molecule has 6 aliphatic heterocycles. The summed E-state index contributed by atoms with van der Waals surface area (Å²) in [6.45, 7) is 13.2. The molecule has 0 aromatic rings. The SMILES string of the molecule is C[C@@H]1O[C@H](O[C@H]2[C@H](O)[C@@H](O[C@H]3[C@H](O)[C@@H](O[C@@H]4[C@@H](O[C@H]5CC[C@@]6(C)[C@@H](CC[C@]7(C)[C@@H]6CC=C6[C@H]8CC(C)(C)CC[C@@]8(C(=O)O[C@H]8O[C@@H](CO[C@H]9O[C@@H](CO)[C@H](O)[C@@H](O)[C@@H]9O)[C@H](O)[C@@H](O)[C@@H]8O)CC[C@]67C)[C@]5(C)CO)OC[C@H](O)[C@H]4O)O[C@@H](C)[C@@H]3O)O[C@@H](CO)[C@@H]2O)[C@@H](O)[C@H](O)[C@H]1O. The number of carbonyl (C=O) groups excluding carboxylic acids is 1. The van der Waals surface area contributed by atoms with Crippen molar-refractivity contribution in [3.63, 3.8) is 0 Å². The summed E-state index contributed by atoms with van der Waals surface area (Å²) in [6, 6.07) is 0. The molecule has 6 saturated heterocycles. The van der Waals surface area contributed by atoms with Gasteiger partial charge in [-0.15, -0.1) is 0 Å². The lowest BCUT2D eigenvalue weighted by Crippen LogP contribution is -2.67. The van der Waals surface area contributed by atoms with E-state index in [0.717, 1.165) is 12.0 Å². The molecule has 38 atom stereocenters. The van der Waals surface area contributed by atoms with E-state index in [9.17, 15) is 91.9 Å². The molecule has 4 saturated carbocycles. The quantitative estimate of drug-likeness (QED) is 0.0392. The molecule has 5 aliphatic carbocycles. The molecule has 31 nitrogen and oxygen atoms in total. The van der Waals surface area contributed by atoms with Crippen LogP contribution in [0.5, 0.6) is 0 Å². The van der Waals surface area contributed by atoms with Crippen LogP contribution in [0.2, 0.25) is 0 Å². The number of aliphatic hydroxyl groups excluding tert-OH is 18. The first kappa shape index (κ1) is 75.2. The summed E-state index contributed by atoms with van der Waals surface area (Å²) in [5, 5.41) is 197. The zero-order valence-corrected chi connectivity index (χ0v) is 55.6. The Kier molecular flexibility index (Phi) is 22.1. The Bertz CT molecular complexity index is 2700. The molecule has 18 N–H and O–H groups in total. The normalized spacial score (nSPS) is 55.1. The number of fused-ring (bicyclic) bond motifs is 7. The summed E-state index contributed by atoms with van der Waals surface area (Å²) < 4.78 is 71.5. The first-order chi connectivity index (χ1) is 45.1. The van der Waals surface area contributed by atoms with Crippen LogP contribution in [0.1, 0.15) is 120 Å². The number of hydrogen-bond donors (Lipinski definition) is 18. The minimum atomic E-state index is -1.99. The van der Waals surface area contributed by atoms with Crippen LogP contribution in [0.3, 0.4) is 0 Å². The van der Waals surface area contributed by atoms with Gasteiger partial charge < -0.3 is 149 Å². The molecule has 0 bridgehead atoms. The van der Waals surface area contributed by atoms with Gasteiger partial charge in [-0.25, -0.2) is 0 Å². The molecule has 0 unspecified atom stereocenters. The number of esters is 1. The summed E-state index contributed by atoms with van der Waals surface area (Å²) in [6.07, 6.45) is -40.9. The molecule has 11 aliphatic rings. The molecule has 0 spiro atoms. The van der Waals surface area contributed by atoms with Gasteiger partial charge >= 0.3 is 5.97 Å². The van der Waals surface area contributed by atoms with Crippen LogP contribution in [0, 0.1) is 50.2 Å². The second-order valence-corrected chi connectivity index (χ2v) is 31.3. The van der Waals surface area contributed by atoms with E-state index in [-0.39, 0.29) is 35.2 Å². The minimum absolute atomic E-state index is 0.0578. The number of rotatable bonds is 16. The maximum Gasteiger partial charge on any atom is 0.315 e. The average molecular weight is 1380 g/mol. The van der Waals surface area contributed by atoms with E-state index in [1.807, 2.05) is 6.92 Å². The predicted octanol–water partition coefficient (Wildman–Crippen LogP) is -4.72. The Labute approximate surface area is 556 Å². The molecule has 0 amide bonds. The third-order valence-electron chi connectivity index (χ3n) is 25.3. The van der Waals surface area contributed by atoms with Gasteiger partial charge in [0.25, 0.3) is 0 Å². The Hall–Kier alpha value is -1.95. The fourth-order valence-electron chi connectivity index (χ4n) is 19.0.